The average molecular weight is 475 g/mol. The molecule has 1 N–H and O–H groups in total. The van der Waals surface area contributed by atoms with Gasteiger partial charge < -0.3 is 15.0 Å². The molecule has 0 saturated heterocycles. The van der Waals surface area contributed by atoms with Gasteiger partial charge in [0.15, 0.2) is 6.61 Å². The highest BCUT2D eigenvalue weighted by Gasteiger charge is 2.26. The van der Waals surface area contributed by atoms with Gasteiger partial charge in [-0.05, 0) is 54.7 Å². The number of halogens is 1. The van der Waals surface area contributed by atoms with Crippen LogP contribution in [0.5, 0.6) is 5.75 Å². The van der Waals surface area contributed by atoms with Crippen molar-refractivity contribution >= 4 is 27.7 Å². The Morgan fingerprint density at radius 2 is 1.60 bits per heavy atom. The van der Waals surface area contributed by atoms with E-state index in [2.05, 4.69) is 28.2 Å². The summed E-state index contributed by atoms with van der Waals surface area (Å²) >= 11 is 3.42. The number of carbonyl (C=O) groups is 2. The number of ether oxygens (including phenoxy) is 1. The average Bonchev–Trinajstić information content (AvgIpc) is 2.75. The van der Waals surface area contributed by atoms with Gasteiger partial charge >= 0.3 is 0 Å². The number of carbonyl (C=O) groups excluding carboxylic acids is 2. The normalized spacial score (nSPS) is 11.8. The van der Waals surface area contributed by atoms with Gasteiger partial charge in [-0.15, -0.1) is 0 Å². The molecule has 1 atom stereocenters. The molecule has 0 bridgehead atoms. The van der Waals surface area contributed by atoms with Crippen molar-refractivity contribution in [3.63, 3.8) is 0 Å². The Balaban J connectivity index is 2.10. The predicted molar refractivity (Wildman–Crippen MR) is 123 cm³/mol. The second-order valence-corrected chi connectivity index (χ2v) is 8.66. The van der Waals surface area contributed by atoms with Gasteiger partial charge in [-0.3, -0.25) is 9.59 Å². The summed E-state index contributed by atoms with van der Waals surface area (Å²) in [5.41, 5.74) is 2.16. The van der Waals surface area contributed by atoms with Gasteiger partial charge in [-0.1, -0.05) is 61.0 Å². The van der Waals surface area contributed by atoms with Crippen LogP contribution >= 0.6 is 15.9 Å². The lowest BCUT2D eigenvalue weighted by Gasteiger charge is -2.29. The zero-order valence-corrected chi connectivity index (χ0v) is 19.7. The molecular weight excluding hydrogens is 444 g/mol. The lowest BCUT2D eigenvalue weighted by Crippen LogP contribution is -2.49. The van der Waals surface area contributed by atoms with E-state index in [0.29, 0.717) is 24.8 Å². The number of hydrogen-bond donors (Lipinski definition) is 1. The van der Waals surface area contributed by atoms with E-state index in [-0.39, 0.29) is 18.4 Å². The van der Waals surface area contributed by atoms with Crippen LogP contribution in [0.1, 0.15) is 38.8 Å². The molecule has 2 rings (SSSR count). The number of hydrogen-bond acceptors (Lipinski definition) is 3. The van der Waals surface area contributed by atoms with E-state index in [9.17, 15) is 9.59 Å². The van der Waals surface area contributed by atoms with Crippen molar-refractivity contribution in [2.75, 3.05) is 13.2 Å². The van der Waals surface area contributed by atoms with Gasteiger partial charge in [-0.2, -0.15) is 0 Å². The Labute approximate surface area is 187 Å². The molecule has 0 fully saturated rings. The lowest BCUT2D eigenvalue weighted by atomic mass is 10.1. The molecule has 0 aliphatic carbocycles. The Bertz CT molecular complexity index is 819. The van der Waals surface area contributed by atoms with E-state index >= 15 is 0 Å². The highest BCUT2D eigenvalue weighted by Crippen LogP contribution is 2.16. The van der Waals surface area contributed by atoms with Crippen molar-refractivity contribution in [2.45, 2.75) is 46.7 Å². The van der Waals surface area contributed by atoms with Crippen LogP contribution < -0.4 is 10.1 Å². The quantitative estimate of drug-likeness (QED) is 0.548. The maximum atomic E-state index is 13.0. The minimum atomic E-state index is -0.606. The third-order valence-corrected chi connectivity index (χ3v) is 5.34. The Morgan fingerprint density at radius 3 is 2.17 bits per heavy atom. The van der Waals surface area contributed by atoms with E-state index in [1.54, 1.807) is 11.8 Å². The van der Waals surface area contributed by atoms with Gasteiger partial charge in [0.1, 0.15) is 11.8 Å². The maximum Gasteiger partial charge on any atom is 0.261 e. The number of rotatable bonds is 10. The van der Waals surface area contributed by atoms with Crippen molar-refractivity contribution in [1.29, 1.82) is 0 Å². The summed E-state index contributed by atoms with van der Waals surface area (Å²) in [6, 6.07) is 14.8. The highest BCUT2D eigenvalue weighted by atomic mass is 79.9. The molecule has 0 radical (unpaired) electrons. The first-order valence-corrected chi connectivity index (χ1v) is 11.1. The summed E-state index contributed by atoms with van der Waals surface area (Å²) in [7, 11) is 0. The third-order valence-electron chi connectivity index (χ3n) is 4.81. The van der Waals surface area contributed by atoms with Gasteiger partial charge in [0, 0.05) is 17.6 Å². The molecule has 0 spiro atoms. The Hall–Kier alpha value is -2.34. The van der Waals surface area contributed by atoms with E-state index in [4.69, 9.17) is 4.74 Å². The standard InChI is InChI=1S/C24H31BrN2O3/c1-5-19-8-12-22(13-9-19)30-16-23(28)27(15-20-6-10-21(25)11-7-20)18(4)24(29)26-14-17(2)3/h6-13,17-18H,5,14-16H2,1-4H3,(H,26,29)/t18-/m0/s1. The monoisotopic (exact) mass is 474 g/mol. The smallest absolute Gasteiger partial charge is 0.261 e. The number of benzene rings is 2. The summed E-state index contributed by atoms with van der Waals surface area (Å²) in [6.07, 6.45) is 0.948. The molecule has 2 aromatic rings. The van der Waals surface area contributed by atoms with Crippen molar-refractivity contribution in [3.05, 3.63) is 64.1 Å². The van der Waals surface area contributed by atoms with Crippen LogP contribution in [0.4, 0.5) is 0 Å². The molecule has 0 saturated carbocycles. The highest BCUT2D eigenvalue weighted by molar-refractivity contribution is 9.10. The summed E-state index contributed by atoms with van der Waals surface area (Å²) in [5, 5.41) is 2.92. The number of aryl methyl sites for hydroxylation is 1. The van der Waals surface area contributed by atoms with Crippen molar-refractivity contribution in [1.82, 2.24) is 10.2 Å². The minimum absolute atomic E-state index is 0.121. The molecule has 0 heterocycles. The van der Waals surface area contributed by atoms with Crippen LogP contribution in [-0.2, 0) is 22.6 Å². The molecule has 30 heavy (non-hydrogen) atoms. The summed E-state index contributed by atoms with van der Waals surface area (Å²) in [6.45, 7) is 8.70. The maximum absolute atomic E-state index is 13.0. The van der Waals surface area contributed by atoms with Crippen LogP contribution in [0.3, 0.4) is 0 Å². The Morgan fingerprint density at radius 1 is 1.00 bits per heavy atom. The molecule has 6 heteroatoms. The molecule has 2 amide bonds. The number of nitrogens with one attached hydrogen (secondary N) is 1. The molecule has 0 aliphatic heterocycles. The fourth-order valence-electron chi connectivity index (χ4n) is 2.87. The Kier molecular flexibility index (Phi) is 9.37. The first-order chi connectivity index (χ1) is 14.3. The van der Waals surface area contributed by atoms with Gasteiger partial charge in [-0.25, -0.2) is 0 Å². The summed E-state index contributed by atoms with van der Waals surface area (Å²) < 4.78 is 6.67. The first kappa shape index (κ1) is 23.9. The largest absolute Gasteiger partial charge is 0.484 e. The molecule has 0 aromatic heterocycles. The minimum Gasteiger partial charge on any atom is -0.484 e. The van der Waals surface area contributed by atoms with E-state index < -0.39 is 6.04 Å². The second kappa shape index (κ2) is 11.7. The molecule has 2 aromatic carbocycles. The van der Waals surface area contributed by atoms with Gasteiger partial charge in [0.2, 0.25) is 5.91 Å². The number of nitrogens with zero attached hydrogens (tertiary/aromatic N) is 1. The zero-order chi connectivity index (χ0) is 22.1. The van der Waals surface area contributed by atoms with E-state index in [0.717, 1.165) is 16.5 Å². The van der Waals surface area contributed by atoms with Crippen molar-refractivity contribution < 1.29 is 14.3 Å². The van der Waals surface area contributed by atoms with Crippen LogP contribution in [0, 0.1) is 5.92 Å². The molecule has 0 unspecified atom stereocenters. The van der Waals surface area contributed by atoms with Crippen LogP contribution in [-0.4, -0.2) is 35.9 Å². The fraction of sp³-hybridized carbons (Fsp3) is 0.417. The van der Waals surface area contributed by atoms with Crippen molar-refractivity contribution in [2.24, 2.45) is 5.92 Å². The number of amides is 2. The van der Waals surface area contributed by atoms with Crippen LogP contribution in [0.25, 0.3) is 0 Å². The first-order valence-electron chi connectivity index (χ1n) is 10.3. The molecule has 162 valence electrons. The van der Waals surface area contributed by atoms with Crippen molar-refractivity contribution in [3.8, 4) is 5.75 Å². The SMILES string of the molecule is CCc1ccc(OCC(=O)N(Cc2ccc(Br)cc2)[C@@H](C)C(=O)NCC(C)C)cc1. The van der Waals surface area contributed by atoms with E-state index in [1.165, 1.54) is 5.56 Å². The van der Waals surface area contributed by atoms with Crippen LogP contribution in [0.2, 0.25) is 0 Å². The lowest BCUT2D eigenvalue weighted by molar-refractivity contribution is -0.142. The van der Waals surface area contributed by atoms with Gasteiger partial charge in [0.25, 0.3) is 5.91 Å². The van der Waals surface area contributed by atoms with Crippen LogP contribution in [0.15, 0.2) is 53.0 Å². The topological polar surface area (TPSA) is 58.6 Å². The molecule has 5 nitrogen and oxygen atoms in total. The zero-order valence-electron chi connectivity index (χ0n) is 18.2. The summed E-state index contributed by atoms with van der Waals surface area (Å²) in [5.74, 6) is 0.582. The summed E-state index contributed by atoms with van der Waals surface area (Å²) in [4.78, 5) is 27.2. The second-order valence-electron chi connectivity index (χ2n) is 7.75. The van der Waals surface area contributed by atoms with E-state index in [1.807, 2.05) is 62.4 Å². The molecular formula is C24H31BrN2O3. The van der Waals surface area contributed by atoms with Gasteiger partial charge in [0.05, 0.1) is 0 Å². The third kappa shape index (κ3) is 7.48. The predicted octanol–water partition coefficient (Wildman–Crippen LogP) is 4.58. The molecule has 0 aliphatic rings. The fourth-order valence-corrected chi connectivity index (χ4v) is 3.14.